The average molecular weight is 387 g/mol. The Balaban J connectivity index is 1.97. The first-order valence-electron chi connectivity index (χ1n) is 8.69. The fourth-order valence-corrected chi connectivity index (χ4v) is 2.66. The number of aryl methyl sites for hydroxylation is 2. The summed E-state index contributed by atoms with van der Waals surface area (Å²) < 4.78 is 20.9. The van der Waals surface area contributed by atoms with Gasteiger partial charge in [0.1, 0.15) is 0 Å². The minimum Gasteiger partial charge on any atom is -0.493 e. The molecule has 1 N–H and O–H groups in total. The van der Waals surface area contributed by atoms with Crippen LogP contribution in [0.25, 0.3) is 0 Å². The van der Waals surface area contributed by atoms with Gasteiger partial charge in [-0.05, 0) is 48.7 Å². The van der Waals surface area contributed by atoms with Gasteiger partial charge in [-0.3, -0.25) is 9.59 Å². The number of hydrogen-bond donors (Lipinski definition) is 1. The van der Waals surface area contributed by atoms with E-state index in [1.807, 2.05) is 32.0 Å². The van der Waals surface area contributed by atoms with Crippen LogP contribution in [0.1, 0.15) is 16.7 Å². The van der Waals surface area contributed by atoms with E-state index in [2.05, 4.69) is 5.32 Å². The third kappa shape index (κ3) is 5.39. The summed E-state index contributed by atoms with van der Waals surface area (Å²) >= 11 is 0. The van der Waals surface area contributed by atoms with Gasteiger partial charge in [-0.2, -0.15) is 0 Å². The van der Waals surface area contributed by atoms with Gasteiger partial charge in [0, 0.05) is 5.69 Å². The Kier molecular flexibility index (Phi) is 7.26. The SMILES string of the molecule is COc1cc(CC(=O)OCC(=O)Nc2cc(C)ccc2C)cc(OC)c1OC. The highest BCUT2D eigenvalue weighted by Crippen LogP contribution is 2.38. The van der Waals surface area contributed by atoms with E-state index < -0.39 is 11.9 Å². The van der Waals surface area contributed by atoms with Crippen molar-refractivity contribution in [3.8, 4) is 17.2 Å². The Morgan fingerprint density at radius 1 is 0.929 bits per heavy atom. The zero-order valence-corrected chi connectivity index (χ0v) is 16.8. The van der Waals surface area contributed by atoms with Gasteiger partial charge in [0.15, 0.2) is 18.1 Å². The van der Waals surface area contributed by atoms with Crippen LogP contribution in [0.15, 0.2) is 30.3 Å². The molecule has 7 heteroatoms. The van der Waals surface area contributed by atoms with E-state index in [9.17, 15) is 9.59 Å². The molecule has 7 nitrogen and oxygen atoms in total. The number of ether oxygens (including phenoxy) is 4. The molecule has 0 bridgehead atoms. The van der Waals surface area contributed by atoms with Crippen molar-refractivity contribution in [2.24, 2.45) is 0 Å². The van der Waals surface area contributed by atoms with E-state index >= 15 is 0 Å². The Morgan fingerprint density at radius 3 is 2.14 bits per heavy atom. The maximum absolute atomic E-state index is 12.1. The number of carbonyl (C=O) groups is 2. The predicted molar refractivity (Wildman–Crippen MR) is 105 cm³/mol. The summed E-state index contributed by atoms with van der Waals surface area (Å²) in [5, 5.41) is 2.75. The molecule has 2 aromatic rings. The van der Waals surface area contributed by atoms with Crippen molar-refractivity contribution >= 4 is 17.6 Å². The molecule has 0 saturated carbocycles. The molecule has 0 radical (unpaired) electrons. The molecular weight excluding hydrogens is 362 g/mol. The Hall–Kier alpha value is -3.22. The van der Waals surface area contributed by atoms with Crippen molar-refractivity contribution < 1.29 is 28.5 Å². The van der Waals surface area contributed by atoms with Crippen molar-refractivity contribution in [3.05, 3.63) is 47.0 Å². The summed E-state index contributed by atoms with van der Waals surface area (Å²) in [7, 11) is 4.50. The summed E-state index contributed by atoms with van der Waals surface area (Å²) in [6.45, 7) is 3.47. The minimum absolute atomic E-state index is 0.0343. The topological polar surface area (TPSA) is 83.1 Å². The molecule has 2 aromatic carbocycles. The number of benzene rings is 2. The van der Waals surface area contributed by atoms with E-state index in [0.29, 0.717) is 28.5 Å². The highest BCUT2D eigenvalue weighted by Gasteiger charge is 2.16. The molecule has 0 heterocycles. The van der Waals surface area contributed by atoms with Crippen LogP contribution >= 0.6 is 0 Å². The highest BCUT2D eigenvalue weighted by molar-refractivity contribution is 5.93. The molecule has 0 saturated heterocycles. The fourth-order valence-electron chi connectivity index (χ4n) is 2.66. The van der Waals surface area contributed by atoms with Gasteiger partial charge in [0.2, 0.25) is 5.75 Å². The van der Waals surface area contributed by atoms with Crippen LogP contribution in [-0.4, -0.2) is 39.8 Å². The zero-order valence-electron chi connectivity index (χ0n) is 16.8. The van der Waals surface area contributed by atoms with Crippen LogP contribution in [0.5, 0.6) is 17.2 Å². The van der Waals surface area contributed by atoms with E-state index in [4.69, 9.17) is 18.9 Å². The molecule has 0 aliphatic carbocycles. The number of rotatable bonds is 8. The molecule has 0 aliphatic rings. The number of methoxy groups -OCH3 is 3. The molecule has 0 fully saturated rings. The number of carbonyl (C=O) groups excluding carboxylic acids is 2. The van der Waals surface area contributed by atoms with Crippen molar-refractivity contribution in [2.75, 3.05) is 33.3 Å². The number of esters is 1. The lowest BCUT2D eigenvalue weighted by molar-refractivity contribution is -0.146. The summed E-state index contributed by atoms with van der Waals surface area (Å²) in [6.07, 6.45) is -0.0343. The Bertz CT molecular complexity index is 837. The molecule has 0 spiro atoms. The second-order valence-corrected chi connectivity index (χ2v) is 6.24. The van der Waals surface area contributed by atoms with Gasteiger partial charge in [-0.25, -0.2) is 0 Å². The summed E-state index contributed by atoms with van der Waals surface area (Å²) in [4.78, 5) is 24.2. The first-order chi connectivity index (χ1) is 13.4. The third-order valence-electron chi connectivity index (χ3n) is 4.10. The van der Waals surface area contributed by atoms with Gasteiger partial charge in [-0.15, -0.1) is 0 Å². The van der Waals surface area contributed by atoms with E-state index in [1.165, 1.54) is 21.3 Å². The first kappa shape index (κ1) is 21.1. The minimum atomic E-state index is -0.537. The molecule has 0 aliphatic heterocycles. The number of anilines is 1. The smallest absolute Gasteiger partial charge is 0.310 e. The monoisotopic (exact) mass is 387 g/mol. The molecule has 150 valence electrons. The molecule has 0 atom stereocenters. The van der Waals surface area contributed by atoms with Crippen LogP contribution in [0, 0.1) is 13.8 Å². The van der Waals surface area contributed by atoms with Crippen molar-refractivity contribution in [2.45, 2.75) is 20.3 Å². The predicted octanol–water partition coefficient (Wildman–Crippen LogP) is 3.05. The molecular formula is C21H25NO6. The third-order valence-corrected chi connectivity index (χ3v) is 4.10. The normalized spacial score (nSPS) is 10.2. The van der Waals surface area contributed by atoms with E-state index in [1.54, 1.807) is 12.1 Å². The number of nitrogens with one attached hydrogen (secondary N) is 1. The largest absolute Gasteiger partial charge is 0.493 e. The van der Waals surface area contributed by atoms with Crippen LogP contribution in [-0.2, 0) is 20.7 Å². The zero-order chi connectivity index (χ0) is 20.7. The summed E-state index contributed by atoms with van der Waals surface area (Å²) in [6, 6.07) is 9.08. The standard InChI is InChI=1S/C21H25NO6/c1-13-6-7-14(2)16(8-13)22-19(23)12-28-20(24)11-15-9-17(25-3)21(27-5)18(10-15)26-4/h6-10H,11-12H2,1-5H3,(H,22,23). The van der Waals surface area contributed by atoms with Gasteiger partial charge < -0.3 is 24.3 Å². The summed E-state index contributed by atoms with van der Waals surface area (Å²) in [5.41, 5.74) is 3.28. The maximum atomic E-state index is 12.1. The Labute approximate surface area is 164 Å². The molecule has 1 amide bonds. The number of amides is 1. The van der Waals surface area contributed by atoms with Crippen molar-refractivity contribution in [1.29, 1.82) is 0 Å². The van der Waals surface area contributed by atoms with E-state index in [-0.39, 0.29) is 13.0 Å². The quantitative estimate of drug-likeness (QED) is 0.701. The maximum Gasteiger partial charge on any atom is 0.310 e. The van der Waals surface area contributed by atoms with E-state index in [0.717, 1.165) is 11.1 Å². The molecule has 28 heavy (non-hydrogen) atoms. The van der Waals surface area contributed by atoms with Gasteiger partial charge in [0.25, 0.3) is 5.91 Å². The number of hydrogen-bond acceptors (Lipinski definition) is 6. The highest BCUT2D eigenvalue weighted by atomic mass is 16.5. The van der Waals surface area contributed by atoms with Gasteiger partial charge >= 0.3 is 5.97 Å². The molecule has 0 unspecified atom stereocenters. The van der Waals surface area contributed by atoms with Crippen LogP contribution in [0.4, 0.5) is 5.69 Å². The summed E-state index contributed by atoms with van der Waals surface area (Å²) in [5.74, 6) is 0.391. The van der Waals surface area contributed by atoms with Crippen LogP contribution in [0.2, 0.25) is 0 Å². The average Bonchev–Trinajstić information content (AvgIpc) is 2.68. The second-order valence-electron chi connectivity index (χ2n) is 6.24. The van der Waals surface area contributed by atoms with Gasteiger partial charge in [-0.1, -0.05) is 12.1 Å². The molecule has 0 aromatic heterocycles. The van der Waals surface area contributed by atoms with Crippen molar-refractivity contribution in [3.63, 3.8) is 0 Å². The van der Waals surface area contributed by atoms with Crippen LogP contribution < -0.4 is 19.5 Å². The van der Waals surface area contributed by atoms with Crippen molar-refractivity contribution in [1.82, 2.24) is 0 Å². The lowest BCUT2D eigenvalue weighted by Crippen LogP contribution is -2.22. The lowest BCUT2D eigenvalue weighted by atomic mass is 10.1. The Morgan fingerprint density at radius 2 is 1.57 bits per heavy atom. The molecule has 2 rings (SSSR count). The lowest BCUT2D eigenvalue weighted by Gasteiger charge is -2.14. The van der Waals surface area contributed by atoms with Crippen LogP contribution in [0.3, 0.4) is 0 Å². The van der Waals surface area contributed by atoms with Gasteiger partial charge in [0.05, 0.1) is 27.8 Å². The first-order valence-corrected chi connectivity index (χ1v) is 8.69. The second kappa shape index (κ2) is 9.64. The fraction of sp³-hybridized carbons (Fsp3) is 0.333.